The Balaban J connectivity index is 2.80. The van der Waals surface area contributed by atoms with Crippen LogP contribution in [0.3, 0.4) is 0 Å². The molecule has 0 radical (unpaired) electrons. The summed E-state index contributed by atoms with van der Waals surface area (Å²) in [5, 5.41) is 9.70. The van der Waals surface area contributed by atoms with Crippen molar-refractivity contribution in [3.8, 4) is 0 Å². The van der Waals surface area contributed by atoms with Gasteiger partial charge in [-0.3, -0.25) is 0 Å². The number of halogens is 1. The third kappa shape index (κ3) is 4.24. The molecule has 0 aliphatic rings. The highest BCUT2D eigenvalue weighted by atomic mass is 35.5. The number of aliphatic hydroxyl groups is 1. The van der Waals surface area contributed by atoms with Gasteiger partial charge in [-0.2, -0.15) is 0 Å². The summed E-state index contributed by atoms with van der Waals surface area (Å²) in [5.74, 6) is 0. The van der Waals surface area contributed by atoms with Crippen LogP contribution in [-0.2, 0) is 10.0 Å². The lowest BCUT2D eigenvalue weighted by Gasteiger charge is -2.12. The fraction of sp³-hybridized carbons (Fsp3) is 0.500. The van der Waals surface area contributed by atoms with Gasteiger partial charge in [-0.1, -0.05) is 31.0 Å². The van der Waals surface area contributed by atoms with Crippen LogP contribution in [0.15, 0.2) is 23.1 Å². The summed E-state index contributed by atoms with van der Waals surface area (Å²) in [6.45, 7) is 3.76. The summed E-state index contributed by atoms with van der Waals surface area (Å²) in [6, 6.07) is 4.74. The quantitative estimate of drug-likeness (QED) is 0.843. The smallest absolute Gasteiger partial charge is 0.242 e. The summed E-state index contributed by atoms with van der Waals surface area (Å²) in [5.41, 5.74) is 0.893. The average molecular weight is 292 g/mol. The first-order valence-electron chi connectivity index (χ1n) is 5.80. The second kappa shape index (κ2) is 6.52. The van der Waals surface area contributed by atoms with Crippen LogP contribution in [0.25, 0.3) is 0 Å². The van der Waals surface area contributed by atoms with E-state index < -0.39 is 16.1 Å². The van der Waals surface area contributed by atoms with Crippen molar-refractivity contribution in [2.24, 2.45) is 0 Å². The van der Waals surface area contributed by atoms with E-state index in [0.29, 0.717) is 6.42 Å². The van der Waals surface area contributed by atoms with Crippen molar-refractivity contribution in [1.82, 2.24) is 4.72 Å². The van der Waals surface area contributed by atoms with Crippen molar-refractivity contribution in [2.45, 2.75) is 37.7 Å². The van der Waals surface area contributed by atoms with Gasteiger partial charge in [0.2, 0.25) is 10.0 Å². The molecule has 1 aromatic rings. The van der Waals surface area contributed by atoms with Crippen molar-refractivity contribution in [3.63, 3.8) is 0 Å². The molecule has 18 heavy (non-hydrogen) atoms. The number of aryl methyl sites for hydroxylation is 1. The third-order valence-corrected chi connectivity index (χ3v) is 4.41. The first-order chi connectivity index (χ1) is 8.36. The number of hydrogen-bond acceptors (Lipinski definition) is 3. The maximum absolute atomic E-state index is 12.0. The average Bonchev–Trinajstić information content (AvgIpc) is 2.26. The minimum atomic E-state index is -3.66. The zero-order valence-electron chi connectivity index (χ0n) is 10.5. The molecule has 0 aliphatic carbocycles. The molecule has 1 atom stereocenters. The predicted octanol–water partition coefficient (Wildman–Crippen LogP) is 2.09. The third-order valence-electron chi connectivity index (χ3n) is 2.51. The molecule has 0 bridgehead atoms. The Bertz CT molecular complexity index is 502. The first-order valence-corrected chi connectivity index (χ1v) is 7.67. The van der Waals surface area contributed by atoms with Crippen LogP contribution in [0, 0.1) is 6.92 Å². The molecule has 0 aromatic heterocycles. The van der Waals surface area contributed by atoms with E-state index in [2.05, 4.69) is 4.72 Å². The first kappa shape index (κ1) is 15.4. The molecule has 1 rings (SSSR count). The van der Waals surface area contributed by atoms with E-state index in [4.69, 9.17) is 11.6 Å². The van der Waals surface area contributed by atoms with Gasteiger partial charge >= 0.3 is 0 Å². The molecule has 102 valence electrons. The Morgan fingerprint density at radius 3 is 2.67 bits per heavy atom. The summed E-state index contributed by atoms with van der Waals surface area (Å²) < 4.78 is 26.3. The van der Waals surface area contributed by atoms with E-state index in [1.807, 2.05) is 13.8 Å². The lowest BCUT2D eigenvalue weighted by atomic mass is 10.2. The number of nitrogens with one attached hydrogen (secondary N) is 1. The second-order valence-corrected chi connectivity index (χ2v) is 6.37. The topological polar surface area (TPSA) is 66.4 Å². The van der Waals surface area contributed by atoms with E-state index in [1.54, 1.807) is 12.1 Å². The molecule has 4 nitrogen and oxygen atoms in total. The highest BCUT2D eigenvalue weighted by Gasteiger charge is 2.18. The van der Waals surface area contributed by atoms with Crippen LogP contribution in [0.2, 0.25) is 5.02 Å². The Kier molecular flexibility index (Phi) is 5.59. The van der Waals surface area contributed by atoms with Gasteiger partial charge in [-0.25, -0.2) is 13.1 Å². The van der Waals surface area contributed by atoms with Gasteiger partial charge in [0, 0.05) is 6.54 Å². The van der Waals surface area contributed by atoms with Gasteiger partial charge in [-0.15, -0.1) is 0 Å². The fourth-order valence-electron chi connectivity index (χ4n) is 1.54. The summed E-state index contributed by atoms with van der Waals surface area (Å²) >= 11 is 5.91. The summed E-state index contributed by atoms with van der Waals surface area (Å²) in [7, 11) is -3.66. The van der Waals surface area contributed by atoms with E-state index >= 15 is 0 Å². The van der Waals surface area contributed by atoms with Gasteiger partial charge in [0.15, 0.2) is 0 Å². The molecule has 1 unspecified atom stereocenters. The molecular weight excluding hydrogens is 274 g/mol. The monoisotopic (exact) mass is 291 g/mol. The van der Waals surface area contributed by atoms with Gasteiger partial charge in [0.05, 0.1) is 11.1 Å². The largest absolute Gasteiger partial charge is 0.392 e. The van der Waals surface area contributed by atoms with Crippen LogP contribution in [-0.4, -0.2) is 26.2 Å². The zero-order valence-corrected chi connectivity index (χ0v) is 12.1. The van der Waals surface area contributed by atoms with Crippen molar-refractivity contribution in [3.05, 3.63) is 28.8 Å². The van der Waals surface area contributed by atoms with Crippen molar-refractivity contribution < 1.29 is 13.5 Å². The SMILES string of the molecule is CCCC(O)CNS(=O)(=O)c1ccc(C)cc1Cl. The Morgan fingerprint density at radius 2 is 2.11 bits per heavy atom. The van der Waals surface area contributed by atoms with Crippen molar-refractivity contribution >= 4 is 21.6 Å². The van der Waals surface area contributed by atoms with Crippen molar-refractivity contribution in [2.75, 3.05) is 6.54 Å². The fourth-order valence-corrected chi connectivity index (χ4v) is 3.21. The molecule has 0 amide bonds. The maximum atomic E-state index is 12.0. The summed E-state index contributed by atoms with van der Waals surface area (Å²) in [6.07, 6.45) is 0.687. The highest BCUT2D eigenvalue weighted by molar-refractivity contribution is 7.89. The van der Waals surface area contributed by atoms with Gasteiger partial charge in [0.25, 0.3) is 0 Å². The molecule has 2 N–H and O–H groups in total. The Labute approximate surface area is 113 Å². The van der Waals surface area contributed by atoms with Gasteiger partial charge in [-0.05, 0) is 31.0 Å². The second-order valence-electron chi connectivity index (χ2n) is 4.23. The normalized spacial score (nSPS) is 13.6. The van der Waals surface area contributed by atoms with Crippen LogP contribution in [0.1, 0.15) is 25.3 Å². The molecule has 0 fully saturated rings. The van der Waals surface area contributed by atoms with Crippen LogP contribution in [0.4, 0.5) is 0 Å². The number of sulfonamides is 1. The van der Waals surface area contributed by atoms with Crippen LogP contribution in [0.5, 0.6) is 0 Å². The number of rotatable bonds is 6. The number of benzene rings is 1. The van der Waals surface area contributed by atoms with E-state index in [0.717, 1.165) is 12.0 Å². The summed E-state index contributed by atoms with van der Waals surface area (Å²) in [4.78, 5) is 0.0402. The lowest BCUT2D eigenvalue weighted by molar-refractivity contribution is 0.167. The minimum Gasteiger partial charge on any atom is -0.392 e. The van der Waals surface area contributed by atoms with E-state index in [-0.39, 0.29) is 16.5 Å². The molecule has 0 saturated carbocycles. The molecule has 6 heteroatoms. The minimum absolute atomic E-state index is 0.000376. The van der Waals surface area contributed by atoms with Crippen molar-refractivity contribution in [1.29, 1.82) is 0 Å². The molecular formula is C12H18ClNO3S. The standard InChI is InChI=1S/C12H18ClNO3S/c1-3-4-10(15)8-14-18(16,17)12-6-5-9(2)7-11(12)13/h5-7,10,14-15H,3-4,8H2,1-2H3. The van der Waals surface area contributed by atoms with Gasteiger partial charge < -0.3 is 5.11 Å². The number of aliphatic hydroxyl groups excluding tert-OH is 1. The molecule has 0 aliphatic heterocycles. The molecule has 0 spiro atoms. The molecule has 1 aromatic carbocycles. The maximum Gasteiger partial charge on any atom is 0.242 e. The van der Waals surface area contributed by atoms with E-state index in [9.17, 15) is 13.5 Å². The van der Waals surface area contributed by atoms with Crippen LogP contribution < -0.4 is 4.72 Å². The van der Waals surface area contributed by atoms with Gasteiger partial charge in [0.1, 0.15) is 4.90 Å². The van der Waals surface area contributed by atoms with E-state index in [1.165, 1.54) is 6.07 Å². The lowest BCUT2D eigenvalue weighted by Crippen LogP contribution is -2.32. The highest BCUT2D eigenvalue weighted by Crippen LogP contribution is 2.22. The Hall–Kier alpha value is -0.620. The zero-order chi connectivity index (χ0) is 13.8. The number of hydrogen-bond donors (Lipinski definition) is 2. The van der Waals surface area contributed by atoms with Crippen LogP contribution >= 0.6 is 11.6 Å². The Morgan fingerprint density at radius 1 is 1.44 bits per heavy atom. The predicted molar refractivity (Wildman–Crippen MR) is 72.3 cm³/mol. The molecule has 0 saturated heterocycles. The molecule has 0 heterocycles.